The first-order valence-electron chi connectivity index (χ1n) is 9.93. The molecule has 0 aliphatic carbocycles. The van der Waals surface area contributed by atoms with Crippen molar-refractivity contribution in [1.82, 2.24) is 9.80 Å². The van der Waals surface area contributed by atoms with E-state index in [2.05, 4.69) is 9.80 Å². The summed E-state index contributed by atoms with van der Waals surface area (Å²) in [5.41, 5.74) is 1.88. The lowest BCUT2D eigenvalue weighted by molar-refractivity contribution is -0.312. The van der Waals surface area contributed by atoms with Crippen molar-refractivity contribution in [3.05, 3.63) is 83.4 Å². The van der Waals surface area contributed by atoms with E-state index in [4.69, 9.17) is 9.78 Å². The van der Waals surface area contributed by atoms with Gasteiger partial charge in [0.25, 0.3) is 0 Å². The van der Waals surface area contributed by atoms with Gasteiger partial charge < -0.3 is 0 Å². The predicted octanol–water partition coefficient (Wildman–Crippen LogP) is 4.07. The fourth-order valence-electron chi connectivity index (χ4n) is 3.65. The van der Waals surface area contributed by atoms with Gasteiger partial charge in [0, 0.05) is 33.1 Å². The molecular formula is C23H26F2N2O3. The molecule has 0 spiro atoms. The second-order valence-electron chi connectivity index (χ2n) is 7.17. The number of halogens is 2. The van der Waals surface area contributed by atoms with Gasteiger partial charge in [-0.3, -0.25) is 14.7 Å². The van der Waals surface area contributed by atoms with Crippen LogP contribution in [-0.2, 0) is 14.6 Å². The van der Waals surface area contributed by atoms with E-state index < -0.39 is 12.2 Å². The molecule has 160 valence electrons. The van der Waals surface area contributed by atoms with E-state index in [0.29, 0.717) is 26.2 Å². The Morgan fingerprint density at radius 1 is 0.900 bits per heavy atom. The summed E-state index contributed by atoms with van der Waals surface area (Å²) in [6, 6.07) is 12.7. The van der Waals surface area contributed by atoms with E-state index in [9.17, 15) is 13.6 Å². The Hall–Kier alpha value is -2.61. The summed E-state index contributed by atoms with van der Waals surface area (Å²) in [6.45, 7) is 5.93. The summed E-state index contributed by atoms with van der Waals surface area (Å²) in [7, 11) is 0. The normalized spacial score (nSPS) is 16.8. The molecule has 0 radical (unpaired) electrons. The molecule has 1 aliphatic rings. The molecule has 1 saturated heterocycles. The molecule has 2 aromatic carbocycles. The van der Waals surface area contributed by atoms with Crippen LogP contribution in [0.3, 0.4) is 0 Å². The lowest BCUT2D eigenvalue weighted by Gasteiger charge is -2.41. The zero-order valence-electron chi connectivity index (χ0n) is 17.1. The average Bonchev–Trinajstić information content (AvgIpc) is 2.74. The van der Waals surface area contributed by atoms with E-state index in [0.717, 1.165) is 11.1 Å². The van der Waals surface area contributed by atoms with Crippen molar-refractivity contribution in [3.8, 4) is 0 Å². The van der Waals surface area contributed by atoms with Gasteiger partial charge in [-0.05, 0) is 48.4 Å². The number of piperazine rings is 1. The largest absolute Gasteiger partial charge is 0.339 e. The van der Waals surface area contributed by atoms with Crippen LogP contribution in [0.1, 0.15) is 31.0 Å². The van der Waals surface area contributed by atoms with Gasteiger partial charge in [0.15, 0.2) is 6.23 Å². The van der Waals surface area contributed by atoms with Crippen LogP contribution in [0.25, 0.3) is 0 Å². The standard InChI is InChI=1S/C23H26F2N2O3/c1-3-4-22(30-29-17(2)28)26-13-15-27(16-14-26)23(18-5-9-20(24)10-6-18)19-7-11-21(25)12-8-19/h3-12,22-23H,13-16H2,1-2H3/b4-3+. The number of hydrogen-bond donors (Lipinski definition) is 0. The molecule has 30 heavy (non-hydrogen) atoms. The van der Waals surface area contributed by atoms with Gasteiger partial charge in [-0.15, -0.1) is 0 Å². The molecular weight excluding hydrogens is 390 g/mol. The summed E-state index contributed by atoms with van der Waals surface area (Å²) in [4.78, 5) is 25.4. The maximum Gasteiger partial charge on any atom is 0.339 e. The molecule has 1 unspecified atom stereocenters. The topological polar surface area (TPSA) is 42.0 Å². The third-order valence-corrected chi connectivity index (χ3v) is 5.07. The highest BCUT2D eigenvalue weighted by Gasteiger charge is 2.29. The second kappa shape index (κ2) is 10.4. The van der Waals surface area contributed by atoms with Gasteiger partial charge >= 0.3 is 5.97 Å². The third kappa shape index (κ3) is 5.72. The van der Waals surface area contributed by atoms with E-state index in [1.807, 2.05) is 19.1 Å². The van der Waals surface area contributed by atoms with Gasteiger partial charge in [0.1, 0.15) is 11.6 Å². The molecule has 1 fully saturated rings. The van der Waals surface area contributed by atoms with E-state index in [1.54, 1.807) is 24.3 Å². The fourth-order valence-corrected chi connectivity index (χ4v) is 3.65. The summed E-state index contributed by atoms with van der Waals surface area (Å²) in [5.74, 6) is -1.09. The number of allylic oxidation sites excluding steroid dienone is 1. The first kappa shape index (κ1) is 22.1. The quantitative estimate of drug-likeness (QED) is 0.387. The van der Waals surface area contributed by atoms with Gasteiger partial charge in [-0.1, -0.05) is 30.3 Å². The van der Waals surface area contributed by atoms with Crippen LogP contribution in [0.2, 0.25) is 0 Å². The minimum Gasteiger partial charge on any atom is -0.297 e. The highest BCUT2D eigenvalue weighted by Crippen LogP contribution is 2.30. The Morgan fingerprint density at radius 3 is 1.80 bits per heavy atom. The van der Waals surface area contributed by atoms with Crippen LogP contribution >= 0.6 is 0 Å². The number of rotatable bonds is 7. The van der Waals surface area contributed by atoms with Crippen molar-refractivity contribution in [2.24, 2.45) is 0 Å². The van der Waals surface area contributed by atoms with Crippen molar-refractivity contribution in [2.75, 3.05) is 26.2 Å². The van der Waals surface area contributed by atoms with Crippen molar-refractivity contribution < 1.29 is 23.4 Å². The Kier molecular flexibility index (Phi) is 7.68. The molecule has 1 aliphatic heterocycles. The molecule has 7 heteroatoms. The SMILES string of the molecule is C/C=C/C(OOC(C)=O)N1CCN(C(c2ccc(F)cc2)c2ccc(F)cc2)CC1. The Balaban J connectivity index is 1.76. The van der Waals surface area contributed by atoms with Crippen LogP contribution in [0.15, 0.2) is 60.7 Å². The molecule has 1 heterocycles. The van der Waals surface area contributed by atoms with E-state index in [1.165, 1.54) is 31.2 Å². The van der Waals surface area contributed by atoms with Crippen LogP contribution in [-0.4, -0.2) is 48.2 Å². The van der Waals surface area contributed by atoms with Crippen LogP contribution in [0.5, 0.6) is 0 Å². The molecule has 5 nitrogen and oxygen atoms in total. The number of hydrogen-bond acceptors (Lipinski definition) is 5. The third-order valence-electron chi connectivity index (χ3n) is 5.07. The molecule has 0 saturated carbocycles. The fraction of sp³-hybridized carbons (Fsp3) is 0.348. The zero-order chi connectivity index (χ0) is 21.5. The van der Waals surface area contributed by atoms with Gasteiger partial charge in [-0.25, -0.2) is 13.6 Å². The smallest absolute Gasteiger partial charge is 0.297 e. The number of carbonyl (C=O) groups is 1. The van der Waals surface area contributed by atoms with Crippen molar-refractivity contribution in [1.29, 1.82) is 0 Å². The van der Waals surface area contributed by atoms with Gasteiger partial charge in [0.05, 0.1) is 6.04 Å². The van der Waals surface area contributed by atoms with Crippen molar-refractivity contribution >= 4 is 5.97 Å². The highest BCUT2D eigenvalue weighted by atomic mass is 19.1. The van der Waals surface area contributed by atoms with E-state index >= 15 is 0 Å². The Labute approximate surface area is 175 Å². The minimum atomic E-state index is -0.504. The first-order chi connectivity index (χ1) is 14.5. The average molecular weight is 416 g/mol. The molecule has 0 aromatic heterocycles. The van der Waals surface area contributed by atoms with Crippen LogP contribution in [0.4, 0.5) is 8.78 Å². The first-order valence-corrected chi connectivity index (χ1v) is 9.93. The van der Waals surface area contributed by atoms with Gasteiger partial charge in [0.2, 0.25) is 0 Å². The maximum absolute atomic E-state index is 13.5. The zero-order valence-corrected chi connectivity index (χ0v) is 17.1. The molecule has 0 N–H and O–H groups in total. The van der Waals surface area contributed by atoms with Crippen LogP contribution in [0, 0.1) is 11.6 Å². The molecule has 3 rings (SSSR count). The number of nitrogens with zero attached hydrogens (tertiary/aromatic N) is 2. The van der Waals surface area contributed by atoms with Crippen molar-refractivity contribution in [3.63, 3.8) is 0 Å². The monoisotopic (exact) mass is 416 g/mol. The summed E-state index contributed by atoms with van der Waals surface area (Å²) in [6.07, 6.45) is 3.22. The molecule has 1 atom stereocenters. The predicted molar refractivity (Wildman–Crippen MR) is 109 cm³/mol. The maximum atomic E-state index is 13.5. The minimum absolute atomic E-state index is 0.122. The lowest BCUT2D eigenvalue weighted by Crippen LogP contribution is -2.51. The molecule has 0 amide bonds. The lowest BCUT2D eigenvalue weighted by atomic mass is 9.96. The Bertz CT molecular complexity index is 802. The highest BCUT2D eigenvalue weighted by molar-refractivity contribution is 5.65. The number of benzene rings is 2. The van der Waals surface area contributed by atoms with Crippen molar-refractivity contribution in [2.45, 2.75) is 26.1 Å². The van der Waals surface area contributed by atoms with Crippen LogP contribution < -0.4 is 0 Å². The Morgan fingerprint density at radius 2 is 1.37 bits per heavy atom. The summed E-state index contributed by atoms with van der Waals surface area (Å²) >= 11 is 0. The van der Waals surface area contributed by atoms with Gasteiger partial charge in [-0.2, -0.15) is 4.89 Å². The summed E-state index contributed by atoms with van der Waals surface area (Å²) < 4.78 is 26.9. The van der Waals surface area contributed by atoms with E-state index in [-0.39, 0.29) is 17.7 Å². The molecule has 2 aromatic rings. The number of carbonyl (C=O) groups excluding carboxylic acids is 1. The second-order valence-corrected chi connectivity index (χ2v) is 7.17. The summed E-state index contributed by atoms with van der Waals surface area (Å²) in [5, 5.41) is 0. The molecule has 0 bridgehead atoms.